The van der Waals surface area contributed by atoms with Crippen LogP contribution in [0.15, 0.2) is 0 Å². The fraction of sp³-hybridized carbons (Fsp3) is 0.957. The maximum atomic E-state index is 13.3. The number of aliphatic hydroxyl groups is 1. The van der Waals surface area contributed by atoms with Crippen LogP contribution in [0.1, 0.15) is 79.6 Å². The summed E-state index contributed by atoms with van der Waals surface area (Å²) in [6, 6.07) is 0. The summed E-state index contributed by atoms with van der Waals surface area (Å²) < 4.78 is 5.73. The number of likely N-dealkylation sites (N-methyl/N-ethyl adjacent to an activating group) is 1. The normalized spacial score (nSPS) is 32.3. The summed E-state index contributed by atoms with van der Waals surface area (Å²) in [5, 5.41) is 11.9. The first-order chi connectivity index (χ1) is 12.9. The molecule has 1 N–H and O–H groups in total. The molecule has 0 spiro atoms. The molecule has 158 valence electrons. The van der Waals surface area contributed by atoms with E-state index in [0.29, 0.717) is 24.4 Å². The average molecular weight is 382 g/mol. The van der Waals surface area contributed by atoms with Crippen molar-refractivity contribution in [1.82, 2.24) is 4.90 Å². The third-order valence-corrected chi connectivity index (χ3v) is 7.95. The van der Waals surface area contributed by atoms with E-state index in [4.69, 9.17) is 4.74 Å². The van der Waals surface area contributed by atoms with E-state index >= 15 is 0 Å². The monoisotopic (exact) mass is 381 g/mol. The fourth-order valence-electron chi connectivity index (χ4n) is 5.56. The molecule has 0 radical (unpaired) electrons. The van der Waals surface area contributed by atoms with Crippen LogP contribution in [-0.2, 0) is 9.53 Å². The molecular formula is C23H43NO3. The van der Waals surface area contributed by atoms with Crippen LogP contribution in [0.25, 0.3) is 0 Å². The van der Waals surface area contributed by atoms with E-state index in [-0.39, 0.29) is 17.8 Å². The number of esters is 1. The van der Waals surface area contributed by atoms with Crippen molar-refractivity contribution in [2.75, 3.05) is 26.2 Å². The van der Waals surface area contributed by atoms with Gasteiger partial charge in [0.15, 0.2) is 5.60 Å². The number of hydrogen-bond acceptors (Lipinski definition) is 4. The zero-order chi connectivity index (χ0) is 20.0. The molecule has 4 heteroatoms. The van der Waals surface area contributed by atoms with E-state index in [9.17, 15) is 9.90 Å². The van der Waals surface area contributed by atoms with Gasteiger partial charge in [0.25, 0.3) is 0 Å². The van der Waals surface area contributed by atoms with Crippen LogP contribution in [0.4, 0.5) is 0 Å². The standard InChI is InChI=1S/C23H43NO3/c1-6-24(7-2)15-16-27-22(25)23(26,20-11-9-8-10-12-20)21-14-13-17(3)18(4)19(21)5/h17-21,26H,6-16H2,1-5H3/t17-,18-,19-,21-,23+/m0/s1. The van der Waals surface area contributed by atoms with E-state index < -0.39 is 5.60 Å². The van der Waals surface area contributed by atoms with E-state index in [1.807, 2.05) is 0 Å². The van der Waals surface area contributed by atoms with Crippen molar-refractivity contribution in [2.24, 2.45) is 29.6 Å². The Balaban J connectivity index is 2.15. The molecule has 2 rings (SSSR count). The smallest absolute Gasteiger partial charge is 0.338 e. The maximum absolute atomic E-state index is 13.3. The number of nitrogens with zero attached hydrogens (tertiary/aromatic N) is 1. The first-order valence-electron chi connectivity index (χ1n) is 11.5. The topological polar surface area (TPSA) is 49.8 Å². The summed E-state index contributed by atoms with van der Waals surface area (Å²) in [6.45, 7) is 14.1. The molecule has 0 unspecified atom stereocenters. The minimum absolute atomic E-state index is 0.0211. The lowest BCUT2D eigenvalue weighted by molar-refractivity contribution is -0.191. The van der Waals surface area contributed by atoms with Gasteiger partial charge in [0.05, 0.1) is 0 Å². The first kappa shape index (κ1) is 22.7. The van der Waals surface area contributed by atoms with Crippen molar-refractivity contribution >= 4 is 5.97 Å². The highest BCUT2D eigenvalue weighted by molar-refractivity contribution is 5.80. The summed E-state index contributed by atoms with van der Waals surface area (Å²) in [6.07, 6.45) is 7.39. The van der Waals surface area contributed by atoms with Gasteiger partial charge in [0, 0.05) is 12.5 Å². The van der Waals surface area contributed by atoms with E-state index in [2.05, 4.69) is 39.5 Å². The maximum Gasteiger partial charge on any atom is 0.338 e. The van der Waals surface area contributed by atoms with Gasteiger partial charge in [-0.2, -0.15) is 0 Å². The summed E-state index contributed by atoms with van der Waals surface area (Å²) in [7, 11) is 0. The van der Waals surface area contributed by atoms with Crippen molar-refractivity contribution in [2.45, 2.75) is 85.2 Å². The largest absolute Gasteiger partial charge is 0.462 e. The van der Waals surface area contributed by atoms with E-state index in [1.165, 1.54) is 6.42 Å². The van der Waals surface area contributed by atoms with Crippen LogP contribution < -0.4 is 0 Å². The molecule has 4 nitrogen and oxygen atoms in total. The second-order valence-electron chi connectivity index (χ2n) is 9.20. The van der Waals surface area contributed by atoms with Gasteiger partial charge in [-0.25, -0.2) is 4.79 Å². The van der Waals surface area contributed by atoms with E-state index in [0.717, 1.165) is 58.2 Å². The van der Waals surface area contributed by atoms with Crippen molar-refractivity contribution in [1.29, 1.82) is 0 Å². The first-order valence-corrected chi connectivity index (χ1v) is 11.5. The molecule has 0 heterocycles. The molecule has 27 heavy (non-hydrogen) atoms. The molecule has 2 aliphatic carbocycles. The molecule has 2 aliphatic rings. The Labute approximate surface area is 167 Å². The SMILES string of the molecule is CCN(CC)CCOC(=O)[C@@](O)(C1CCCCC1)[C@H]1CC[C@H](C)[C@H](C)[C@@H]1C. The quantitative estimate of drug-likeness (QED) is 0.629. The minimum atomic E-state index is -1.31. The molecule has 5 atom stereocenters. The highest BCUT2D eigenvalue weighted by Crippen LogP contribution is 2.49. The summed E-state index contributed by atoms with van der Waals surface area (Å²) in [5.41, 5.74) is -1.31. The zero-order valence-corrected chi connectivity index (χ0v) is 18.4. The molecule has 0 bridgehead atoms. The molecule has 0 aromatic rings. The highest BCUT2D eigenvalue weighted by Gasteiger charge is 2.54. The lowest BCUT2D eigenvalue weighted by atomic mass is 9.58. The Morgan fingerprint density at radius 1 is 1.00 bits per heavy atom. The Hall–Kier alpha value is -0.610. The average Bonchev–Trinajstić information content (AvgIpc) is 2.69. The van der Waals surface area contributed by atoms with Gasteiger partial charge < -0.3 is 14.7 Å². The third kappa shape index (κ3) is 5.06. The van der Waals surface area contributed by atoms with Gasteiger partial charge in [-0.1, -0.05) is 60.3 Å². The Morgan fingerprint density at radius 2 is 1.63 bits per heavy atom. The molecule has 2 saturated carbocycles. The second-order valence-corrected chi connectivity index (χ2v) is 9.20. The lowest BCUT2D eigenvalue weighted by Crippen LogP contribution is -2.57. The van der Waals surface area contributed by atoms with Crippen LogP contribution in [0.2, 0.25) is 0 Å². The lowest BCUT2D eigenvalue weighted by Gasteiger charge is -2.49. The number of hydrogen-bond donors (Lipinski definition) is 1. The summed E-state index contributed by atoms with van der Waals surface area (Å²) >= 11 is 0. The van der Waals surface area contributed by atoms with Gasteiger partial charge in [-0.05, 0) is 56.0 Å². The van der Waals surface area contributed by atoms with Crippen molar-refractivity contribution in [3.8, 4) is 0 Å². The van der Waals surface area contributed by atoms with E-state index in [1.54, 1.807) is 0 Å². The van der Waals surface area contributed by atoms with Gasteiger partial charge in [-0.3, -0.25) is 0 Å². The fourth-order valence-corrected chi connectivity index (χ4v) is 5.56. The second kappa shape index (κ2) is 10.2. The van der Waals surface area contributed by atoms with Crippen LogP contribution >= 0.6 is 0 Å². The molecule has 0 aromatic carbocycles. The molecule has 0 aromatic heterocycles. The predicted molar refractivity (Wildman–Crippen MR) is 110 cm³/mol. The van der Waals surface area contributed by atoms with Crippen molar-refractivity contribution in [3.63, 3.8) is 0 Å². The van der Waals surface area contributed by atoms with Crippen LogP contribution in [-0.4, -0.2) is 47.8 Å². The molecule has 0 saturated heterocycles. The Morgan fingerprint density at radius 3 is 2.22 bits per heavy atom. The molecule has 0 aliphatic heterocycles. The summed E-state index contributed by atoms with van der Waals surface area (Å²) in [5.74, 6) is 1.26. The van der Waals surface area contributed by atoms with Crippen LogP contribution in [0.3, 0.4) is 0 Å². The van der Waals surface area contributed by atoms with Crippen LogP contribution in [0, 0.1) is 29.6 Å². The number of rotatable bonds is 8. The number of carbonyl (C=O) groups is 1. The molecule has 0 amide bonds. The van der Waals surface area contributed by atoms with Crippen molar-refractivity contribution in [3.05, 3.63) is 0 Å². The summed E-state index contributed by atoms with van der Waals surface area (Å²) in [4.78, 5) is 15.5. The van der Waals surface area contributed by atoms with Gasteiger partial charge >= 0.3 is 5.97 Å². The molecule has 2 fully saturated rings. The Bertz CT molecular complexity index is 459. The van der Waals surface area contributed by atoms with Gasteiger partial charge in [0.2, 0.25) is 0 Å². The van der Waals surface area contributed by atoms with Crippen molar-refractivity contribution < 1.29 is 14.6 Å². The number of carbonyl (C=O) groups excluding carboxylic acids is 1. The third-order valence-electron chi connectivity index (χ3n) is 7.95. The Kier molecular flexibility index (Phi) is 8.61. The van der Waals surface area contributed by atoms with Crippen LogP contribution in [0.5, 0.6) is 0 Å². The predicted octanol–water partition coefficient (Wildman–Crippen LogP) is 4.50. The van der Waals surface area contributed by atoms with Gasteiger partial charge in [0.1, 0.15) is 6.61 Å². The van der Waals surface area contributed by atoms with Gasteiger partial charge in [-0.15, -0.1) is 0 Å². The number of ether oxygens (including phenoxy) is 1. The zero-order valence-electron chi connectivity index (χ0n) is 18.4. The highest BCUT2D eigenvalue weighted by atomic mass is 16.5. The minimum Gasteiger partial charge on any atom is -0.462 e. The molecular weight excluding hydrogens is 338 g/mol.